The minimum atomic E-state index is -0.667. The van der Waals surface area contributed by atoms with Crippen LogP contribution in [0.4, 0.5) is 8.78 Å². The smallest absolute Gasteiger partial charge is 0.274 e. The Kier molecular flexibility index (Phi) is 6.92. The van der Waals surface area contributed by atoms with Gasteiger partial charge >= 0.3 is 0 Å². The van der Waals surface area contributed by atoms with E-state index >= 15 is 0 Å². The van der Waals surface area contributed by atoms with E-state index in [4.69, 9.17) is 0 Å². The highest BCUT2D eigenvalue weighted by atomic mass is 19.1. The van der Waals surface area contributed by atoms with Crippen LogP contribution in [-0.2, 0) is 5.41 Å². The highest BCUT2D eigenvalue weighted by Crippen LogP contribution is 2.47. The highest BCUT2D eigenvalue weighted by Gasteiger charge is 2.45. The number of amides is 1. The quantitative estimate of drug-likeness (QED) is 0.469. The molecule has 2 aromatic heterocycles. The summed E-state index contributed by atoms with van der Waals surface area (Å²) in [6, 6.07) is 5.55. The molecule has 0 saturated carbocycles. The van der Waals surface area contributed by atoms with Gasteiger partial charge in [0.2, 0.25) is 0 Å². The summed E-state index contributed by atoms with van der Waals surface area (Å²) in [6.45, 7) is 11.0. The van der Waals surface area contributed by atoms with E-state index in [-0.39, 0.29) is 29.0 Å². The van der Waals surface area contributed by atoms with Crippen LogP contribution < -0.4 is 0 Å². The van der Waals surface area contributed by atoms with Crippen LogP contribution in [0, 0.1) is 24.5 Å². The summed E-state index contributed by atoms with van der Waals surface area (Å²) in [5.41, 5.74) is 2.34. The maximum absolute atomic E-state index is 14.5. The van der Waals surface area contributed by atoms with Crippen molar-refractivity contribution in [3.05, 3.63) is 70.9 Å². The van der Waals surface area contributed by atoms with Crippen molar-refractivity contribution in [3.8, 4) is 11.3 Å². The van der Waals surface area contributed by atoms with Gasteiger partial charge in [0.1, 0.15) is 17.3 Å². The van der Waals surface area contributed by atoms with Crippen molar-refractivity contribution in [2.24, 2.45) is 5.92 Å². The zero-order valence-corrected chi connectivity index (χ0v) is 20.8. The standard InChI is InChI=1S/C27H31F2N5O/c1-6-34(26(35)23-14-30-18(5)13-31-23)15-27(16(2)3)11-10-17(4)19-12-22(32-33-25(19)27)24-20(28)8-7-9-21(24)29/h7-9,12-14,16-17H,6,10-11,15H2,1-5H3/t17-,27+/m0/s1. The maximum atomic E-state index is 14.5. The molecule has 0 unspecified atom stereocenters. The van der Waals surface area contributed by atoms with Crippen LogP contribution in [0.1, 0.15) is 73.9 Å². The molecule has 35 heavy (non-hydrogen) atoms. The van der Waals surface area contributed by atoms with E-state index in [1.54, 1.807) is 17.2 Å². The third-order valence-electron chi connectivity index (χ3n) is 7.32. The van der Waals surface area contributed by atoms with Crippen LogP contribution in [0.2, 0.25) is 0 Å². The van der Waals surface area contributed by atoms with Gasteiger partial charge in [-0.05, 0) is 62.3 Å². The second-order valence-electron chi connectivity index (χ2n) is 9.74. The highest BCUT2D eigenvalue weighted by molar-refractivity contribution is 5.92. The van der Waals surface area contributed by atoms with Crippen molar-refractivity contribution >= 4 is 5.91 Å². The molecule has 2 atom stereocenters. The molecule has 2 heterocycles. The average molecular weight is 480 g/mol. The van der Waals surface area contributed by atoms with Gasteiger partial charge in [0.25, 0.3) is 5.91 Å². The van der Waals surface area contributed by atoms with Crippen LogP contribution in [0.3, 0.4) is 0 Å². The molecule has 0 aliphatic heterocycles. The molecule has 1 aliphatic rings. The molecular weight excluding hydrogens is 448 g/mol. The predicted octanol–water partition coefficient (Wildman–Crippen LogP) is 5.47. The minimum Gasteiger partial charge on any atom is -0.337 e. The Morgan fingerprint density at radius 3 is 2.49 bits per heavy atom. The SMILES string of the molecule is CCN(C[C@@]1(C(C)C)CC[C@H](C)c2cc(-c3c(F)cccc3F)nnc21)C(=O)c1cnc(C)cn1. The first kappa shape index (κ1) is 24.8. The first-order valence-corrected chi connectivity index (χ1v) is 12.1. The number of aryl methyl sites for hydroxylation is 1. The molecule has 0 saturated heterocycles. The van der Waals surface area contributed by atoms with Crippen LogP contribution in [-0.4, -0.2) is 44.1 Å². The van der Waals surface area contributed by atoms with Crippen molar-refractivity contribution in [2.75, 3.05) is 13.1 Å². The van der Waals surface area contributed by atoms with Gasteiger partial charge in [0, 0.05) is 24.7 Å². The van der Waals surface area contributed by atoms with Crippen LogP contribution in [0.15, 0.2) is 36.7 Å². The topological polar surface area (TPSA) is 71.9 Å². The van der Waals surface area contributed by atoms with Crippen LogP contribution >= 0.6 is 0 Å². The Morgan fingerprint density at radius 1 is 1.17 bits per heavy atom. The molecule has 3 aromatic rings. The molecule has 4 rings (SSSR count). The van der Waals surface area contributed by atoms with Crippen LogP contribution in [0.5, 0.6) is 0 Å². The molecule has 1 aliphatic carbocycles. The lowest BCUT2D eigenvalue weighted by Gasteiger charge is -2.45. The summed E-state index contributed by atoms with van der Waals surface area (Å²) in [5, 5.41) is 8.87. The number of halogens is 2. The number of aromatic nitrogens is 4. The molecule has 0 spiro atoms. The summed E-state index contributed by atoms with van der Waals surface area (Å²) < 4.78 is 29.0. The zero-order valence-electron chi connectivity index (χ0n) is 20.8. The van der Waals surface area contributed by atoms with Gasteiger partial charge in [0.15, 0.2) is 0 Å². The number of likely N-dealkylation sites (N-methyl/N-ethyl adjacent to an activating group) is 1. The molecule has 8 heteroatoms. The second-order valence-corrected chi connectivity index (χ2v) is 9.74. The largest absolute Gasteiger partial charge is 0.337 e. The first-order chi connectivity index (χ1) is 16.7. The molecule has 0 N–H and O–H groups in total. The lowest BCUT2D eigenvalue weighted by Crippen LogP contribution is -2.49. The number of rotatable bonds is 6. The van der Waals surface area contributed by atoms with E-state index in [0.29, 0.717) is 18.8 Å². The van der Waals surface area contributed by atoms with Crippen LogP contribution in [0.25, 0.3) is 11.3 Å². The summed E-state index contributed by atoms with van der Waals surface area (Å²) in [7, 11) is 0. The Bertz CT molecular complexity index is 1210. The molecule has 6 nitrogen and oxygen atoms in total. The Labute approximate surface area is 204 Å². The van der Waals surface area contributed by atoms with Crippen molar-refractivity contribution in [1.29, 1.82) is 0 Å². The summed E-state index contributed by atoms with van der Waals surface area (Å²) in [6.07, 6.45) is 4.79. The number of hydrogen-bond donors (Lipinski definition) is 0. The van der Waals surface area contributed by atoms with Crippen molar-refractivity contribution in [2.45, 2.75) is 58.8 Å². The van der Waals surface area contributed by atoms with Gasteiger partial charge in [-0.25, -0.2) is 13.8 Å². The molecule has 0 radical (unpaired) electrons. The molecular formula is C27H31F2N5O. The lowest BCUT2D eigenvalue weighted by molar-refractivity contribution is 0.0663. The number of benzene rings is 1. The van der Waals surface area contributed by atoms with Crippen molar-refractivity contribution in [1.82, 2.24) is 25.1 Å². The fourth-order valence-electron chi connectivity index (χ4n) is 5.01. The minimum absolute atomic E-state index is 0.144. The van der Waals surface area contributed by atoms with Gasteiger partial charge < -0.3 is 4.90 Å². The maximum Gasteiger partial charge on any atom is 0.274 e. The normalized spacial score (nSPS) is 19.5. The van der Waals surface area contributed by atoms with E-state index in [1.165, 1.54) is 24.4 Å². The van der Waals surface area contributed by atoms with Crippen molar-refractivity contribution < 1.29 is 13.6 Å². The Morgan fingerprint density at radius 2 is 1.89 bits per heavy atom. The zero-order chi connectivity index (χ0) is 25.3. The van der Waals surface area contributed by atoms with E-state index < -0.39 is 17.0 Å². The van der Waals surface area contributed by atoms with E-state index in [9.17, 15) is 13.6 Å². The van der Waals surface area contributed by atoms with Gasteiger partial charge in [-0.2, -0.15) is 10.2 Å². The average Bonchev–Trinajstić information content (AvgIpc) is 2.84. The molecule has 0 bridgehead atoms. The number of hydrogen-bond acceptors (Lipinski definition) is 5. The number of fused-ring (bicyclic) bond motifs is 1. The molecule has 1 amide bonds. The van der Waals surface area contributed by atoms with E-state index in [0.717, 1.165) is 29.8 Å². The van der Waals surface area contributed by atoms with Gasteiger partial charge in [-0.1, -0.05) is 26.8 Å². The third-order valence-corrected chi connectivity index (χ3v) is 7.32. The number of nitrogens with zero attached hydrogens (tertiary/aromatic N) is 5. The van der Waals surface area contributed by atoms with E-state index in [1.807, 2.05) is 13.8 Å². The third kappa shape index (κ3) is 4.54. The lowest BCUT2D eigenvalue weighted by atomic mass is 9.63. The Balaban J connectivity index is 1.77. The van der Waals surface area contributed by atoms with Gasteiger partial charge in [-0.15, -0.1) is 0 Å². The predicted molar refractivity (Wildman–Crippen MR) is 130 cm³/mol. The molecule has 0 fully saturated rings. The van der Waals surface area contributed by atoms with Crippen molar-refractivity contribution in [3.63, 3.8) is 0 Å². The fourth-order valence-corrected chi connectivity index (χ4v) is 5.01. The summed E-state index contributed by atoms with van der Waals surface area (Å²) in [4.78, 5) is 23.6. The number of carbonyl (C=O) groups is 1. The second kappa shape index (κ2) is 9.76. The molecule has 1 aromatic carbocycles. The molecule has 184 valence electrons. The van der Waals surface area contributed by atoms with Gasteiger partial charge in [-0.3, -0.25) is 9.78 Å². The van der Waals surface area contributed by atoms with E-state index in [2.05, 4.69) is 40.9 Å². The fraction of sp³-hybridized carbons (Fsp3) is 0.444. The number of carbonyl (C=O) groups excluding carboxylic acids is 1. The summed E-state index contributed by atoms with van der Waals surface area (Å²) in [5.74, 6) is -1.22. The summed E-state index contributed by atoms with van der Waals surface area (Å²) >= 11 is 0. The first-order valence-electron chi connectivity index (χ1n) is 12.1. The van der Waals surface area contributed by atoms with Gasteiger partial charge in [0.05, 0.1) is 28.8 Å². The monoisotopic (exact) mass is 479 g/mol. The Hall–Kier alpha value is -3.29.